The lowest BCUT2D eigenvalue weighted by Gasteiger charge is -2.50. The number of imidazole rings is 1. The summed E-state index contributed by atoms with van der Waals surface area (Å²) in [6, 6.07) is 0. The van der Waals surface area contributed by atoms with Crippen molar-refractivity contribution < 1.29 is 28.7 Å². The number of nitrogens with one attached hydrogen (secondary N) is 3. The number of aliphatic imine (C=N–C) groups is 1. The van der Waals surface area contributed by atoms with Crippen molar-refractivity contribution in [3.8, 4) is 0 Å². The molecular weight excluding hydrogens is 875 g/mol. The lowest BCUT2D eigenvalue weighted by atomic mass is 9.59. The zero-order valence-electron chi connectivity index (χ0n) is 47.8. The van der Waals surface area contributed by atoms with E-state index in [0.29, 0.717) is 35.9 Å². The third-order valence-corrected chi connectivity index (χ3v) is 16.2. The Labute approximate surface area is 425 Å². The molecule has 0 saturated heterocycles. The fourth-order valence-corrected chi connectivity index (χ4v) is 11.8. The molecule has 11 heteroatoms. The molecule has 11 nitrogen and oxygen atoms in total. The Morgan fingerprint density at radius 2 is 1.04 bits per heavy atom. The second-order valence-corrected chi connectivity index (χ2v) is 26.5. The minimum atomic E-state index is -0.603. The molecule has 3 N–H and O–H groups in total. The number of esters is 2. The topological polar surface area (TPSA) is 152 Å². The molecule has 1 aromatic heterocycles. The molecule has 2 aliphatic carbocycles. The van der Waals surface area contributed by atoms with Crippen molar-refractivity contribution in [2.45, 2.75) is 228 Å². The lowest BCUT2D eigenvalue weighted by Crippen LogP contribution is -2.50. The average Bonchev–Trinajstić information content (AvgIpc) is 3.81. The second-order valence-electron chi connectivity index (χ2n) is 26.5. The van der Waals surface area contributed by atoms with Crippen LogP contribution in [-0.2, 0) is 23.9 Å². The Kier molecular flexibility index (Phi) is 20.0. The molecule has 0 aromatic carbocycles. The fraction of sp³-hybridized carbons (Fsp3) is 0.797. The van der Waals surface area contributed by atoms with Gasteiger partial charge in [-0.15, -0.1) is 0 Å². The van der Waals surface area contributed by atoms with Crippen molar-refractivity contribution in [1.29, 1.82) is 0 Å². The number of carbonyl (C=O) groups excluding carboxylic acids is 4. The van der Waals surface area contributed by atoms with Crippen LogP contribution in [0.1, 0.15) is 232 Å². The molecule has 6 unspecified atom stereocenters. The number of rotatable bonds is 17. The molecule has 2 amide bonds. The summed E-state index contributed by atoms with van der Waals surface area (Å²) in [6.07, 6.45) is 11.2. The third-order valence-electron chi connectivity index (χ3n) is 16.2. The summed E-state index contributed by atoms with van der Waals surface area (Å²) >= 11 is 0. The van der Waals surface area contributed by atoms with E-state index in [9.17, 15) is 14.4 Å². The second kappa shape index (κ2) is 23.9. The van der Waals surface area contributed by atoms with Gasteiger partial charge >= 0.3 is 11.9 Å². The molecule has 4 rings (SSSR count). The molecule has 1 aliphatic heterocycles. The van der Waals surface area contributed by atoms with Crippen molar-refractivity contribution in [1.82, 2.24) is 15.3 Å². The van der Waals surface area contributed by atoms with E-state index < -0.39 is 11.9 Å². The van der Waals surface area contributed by atoms with Gasteiger partial charge in [-0.05, 0) is 96.4 Å². The molecule has 6 atom stereocenters. The van der Waals surface area contributed by atoms with Crippen LogP contribution < -0.4 is 10.6 Å². The van der Waals surface area contributed by atoms with E-state index in [1.807, 2.05) is 27.7 Å². The fourth-order valence-electron chi connectivity index (χ4n) is 11.8. The number of amides is 2. The van der Waals surface area contributed by atoms with Crippen LogP contribution in [0.3, 0.4) is 0 Å². The number of aromatic nitrogens is 2. The van der Waals surface area contributed by atoms with Crippen molar-refractivity contribution in [3.05, 3.63) is 28.4 Å². The third kappa shape index (κ3) is 14.7. The summed E-state index contributed by atoms with van der Waals surface area (Å²) in [6.45, 7) is 43.6. The maximum absolute atomic E-state index is 15.2. The number of anilines is 1. The molecule has 2 heterocycles. The van der Waals surface area contributed by atoms with Gasteiger partial charge in [0.1, 0.15) is 35.3 Å². The van der Waals surface area contributed by atoms with Gasteiger partial charge in [-0.1, -0.05) is 164 Å². The Balaban J connectivity index is 1.94. The van der Waals surface area contributed by atoms with Gasteiger partial charge in [0.2, 0.25) is 11.8 Å². The van der Waals surface area contributed by atoms with E-state index in [4.69, 9.17) is 19.5 Å². The molecule has 396 valence electrons. The number of allylic oxidation sites excluding steroid dienone is 1. The Bertz CT molecular complexity index is 2020. The van der Waals surface area contributed by atoms with E-state index in [0.717, 1.165) is 64.2 Å². The first-order valence-corrected chi connectivity index (χ1v) is 27.6. The first kappa shape index (κ1) is 58.8. The van der Waals surface area contributed by atoms with Gasteiger partial charge < -0.3 is 25.1 Å². The van der Waals surface area contributed by atoms with E-state index in [2.05, 4.69) is 126 Å². The van der Waals surface area contributed by atoms with E-state index in [1.165, 1.54) is 0 Å². The number of hydrogen-bond acceptors (Lipinski definition) is 8. The number of nitrogens with zero attached hydrogens (tertiary/aromatic N) is 2. The monoisotopic (exact) mass is 974 g/mol. The Morgan fingerprint density at radius 1 is 0.643 bits per heavy atom. The van der Waals surface area contributed by atoms with Gasteiger partial charge in [0, 0.05) is 41.6 Å². The average molecular weight is 974 g/mol. The molecule has 2 fully saturated rings. The van der Waals surface area contributed by atoms with Gasteiger partial charge in [0.25, 0.3) is 0 Å². The van der Waals surface area contributed by atoms with Crippen LogP contribution in [0, 0.1) is 74.9 Å². The summed E-state index contributed by atoms with van der Waals surface area (Å²) in [4.78, 5) is 71.5. The molecular formula is C59H99N5O6. The zero-order valence-corrected chi connectivity index (χ0v) is 47.8. The van der Waals surface area contributed by atoms with Gasteiger partial charge in [0.15, 0.2) is 5.69 Å². The largest absolute Gasteiger partial charge is 0.458 e. The maximum Gasteiger partial charge on any atom is 0.361 e. The normalized spacial score (nSPS) is 26.2. The van der Waals surface area contributed by atoms with Crippen molar-refractivity contribution >= 4 is 41.5 Å². The molecule has 0 spiro atoms. The summed E-state index contributed by atoms with van der Waals surface area (Å²) < 4.78 is 13.6. The lowest BCUT2D eigenvalue weighted by molar-refractivity contribution is -0.164. The standard InChI is InChI=1S/C59H99N5O6/c1-21-25-27-37(23-3)52(65)63-50-46(54(67)69-48-39(56(9,10)11)29-35(7)30-40(48)57(12,13)14)45(34(5)6)43(60-50)33-44-61-47(51(62-44)64-53(66)38(24-4)28-26-22-2)55(68)70-49-41(58(15,16)17)31-36(8)32-42(49)59(18,19)20/h33-42,48-49H,21-32H2,1-20H3,(H,61,62)(H,64,66)(H,60,63,65)/b43-33-. The van der Waals surface area contributed by atoms with Crippen LogP contribution in [0.5, 0.6) is 0 Å². The van der Waals surface area contributed by atoms with Crippen molar-refractivity contribution in [2.24, 2.45) is 79.9 Å². The van der Waals surface area contributed by atoms with E-state index in [1.54, 1.807) is 6.08 Å². The van der Waals surface area contributed by atoms with Crippen LogP contribution in [0.4, 0.5) is 5.82 Å². The van der Waals surface area contributed by atoms with Gasteiger partial charge in [-0.25, -0.2) is 19.6 Å². The number of hydrogen-bond donors (Lipinski definition) is 3. The van der Waals surface area contributed by atoms with Crippen LogP contribution in [0.25, 0.3) is 6.08 Å². The molecule has 70 heavy (non-hydrogen) atoms. The smallest absolute Gasteiger partial charge is 0.361 e. The predicted octanol–water partition coefficient (Wildman–Crippen LogP) is 14.5. The first-order valence-electron chi connectivity index (χ1n) is 27.6. The van der Waals surface area contributed by atoms with E-state index in [-0.39, 0.29) is 116 Å². The molecule has 0 radical (unpaired) electrons. The maximum atomic E-state index is 15.2. The predicted molar refractivity (Wildman–Crippen MR) is 287 cm³/mol. The van der Waals surface area contributed by atoms with Crippen LogP contribution in [0.2, 0.25) is 0 Å². The number of H-pyrrole nitrogens is 1. The summed E-state index contributed by atoms with van der Waals surface area (Å²) in [5.41, 5.74) is 0.728. The Hall–Kier alpha value is -3.76. The van der Waals surface area contributed by atoms with Crippen LogP contribution in [0.15, 0.2) is 21.8 Å². The zero-order chi connectivity index (χ0) is 52.8. The Morgan fingerprint density at radius 3 is 1.41 bits per heavy atom. The number of amidine groups is 1. The SMILES string of the molecule is CCCCC(CC)C(=O)NC1=N/C(=C\c2nc(C(=O)OC3C(C(C)(C)C)CC(C)CC3C(C)(C)C)c(NC(=O)C(CC)CCCC)[nH]2)C(C(C)C)=C1C(=O)OC1C(C(C)(C)C)CC(C)CC1C(C)(C)C. The minimum absolute atomic E-state index is 0.00983. The highest BCUT2D eigenvalue weighted by Gasteiger charge is 2.50. The summed E-state index contributed by atoms with van der Waals surface area (Å²) in [5, 5.41) is 6.20. The first-order chi connectivity index (χ1) is 32.4. The highest BCUT2D eigenvalue weighted by atomic mass is 16.5. The van der Waals surface area contributed by atoms with Crippen molar-refractivity contribution in [3.63, 3.8) is 0 Å². The highest BCUT2D eigenvalue weighted by Crippen LogP contribution is 2.52. The van der Waals surface area contributed by atoms with Crippen molar-refractivity contribution in [2.75, 3.05) is 5.32 Å². The highest BCUT2D eigenvalue weighted by molar-refractivity contribution is 6.25. The van der Waals surface area contributed by atoms with Gasteiger partial charge in [0.05, 0.1) is 5.70 Å². The number of carbonyl (C=O) groups is 4. The molecule has 0 bridgehead atoms. The number of unbranched alkanes of at least 4 members (excludes halogenated alkanes) is 2. The number of ether oxygens (including phenoxy) is 2. The summed E-state index contributed by atoms with van der Waals surface area (Å²) in [7, 11) is 0. The molecule has 2 saturated carbocycles. The van der Waals surface area contributed by atoms with Crippen LogP contribution in [-0.4, -0.2) is 51.8 Å². The van der Waals surface area contributed by atoms with Crippen LogP contribution >= 0.6 is 0 Å². The minimum Gasteiger partial charge on any atom is -0.458 e. The molecule has 1 aromatic rings. The van der Waals surface area contributed by atoms with Gasteiger partial charge in [-0.2, -0.15) is 0 Å². The van der Waals surface area contributed by atoms with E-state index >= 15 is 4.79 Å². The summed E-state index contributed by atoms with van der Waals surface area (Å²) in [5.74, 6) is -0.291. The van der Waals surface area contributed by atoms with Gasteiger partial charge in [-0.3, -0.25) is 9.59 Å². The number of aromatic amines is 1. The quantitative estimate of drug-likeness (QED) is 0.131. The molecule has 3 aliphatic rings.